The van der Waals surface area contributed by atoms with Crippen LogP contribution in [0.5, 0.6) is 0 Å². The largest absolute Gasteiger partial charge is 0.384 e. The molecule has 1 aromatic rings. The van der Waals surface area contributed by atoms with Crippen LogP contribution in [0.15, 0.2) is 0 Å². The summed E-state index contributed by atoms with van der Waals surface area (Å²) in [6.07, 6.45) is 5.21. The summed E-state index contributed by atoms with van der Waals surface area (Å²) in [5, 5.41) is 0. The maximum absolute atomic E-state index is 6.24. The number of rotatable bonds is 5. The second-order valence-electron chi connectivity index (χ2n) is 5.32. The van der Waals surface area contributed by atoms with Crippen LogP contribution in [0.2, 0.25) is 0 Å². The zero-order valence-electron chi connectivity index (χ0n) is 11.7. The number of hydrogen-bond donors (Lipinski definition) is 1. The van der Waals surface area contributed by atoms with Gasteiger partial charge in [-0.25, -0.2) is 4.98 Å². The molecule has 0 spiro atoms. The molecule has 0 aliphatic heterocycles. The second-order valence-corrected chi connectivity index (χ2v) is 6.30. The van der Waals surface area contributed by atoms with E-state index < -0.39 is 0 Å². The predicted octanol–water partition coefficient (Wildman–Crippen LogP) is 3.08. The fraction of sp³-hybridized carbons (Fsp3) is 0.769. The molecule has 17 heavy (non-hydrogen) atoms. The van der Waals surface area contributed by atoms with Gasteiger partial charge in [-0.15, -0.1) is 0 Å². The molecule has 0 amide bonds. The molecule has 4 heteroatoms. The van der Waals surface area contributed by atoms with E-state index >= 15 is 0 Å². The highest BCUT2D eigenvalue weighted by Crippen LogP contribution is 2.26. The van der Waals surface area contributed by atoms with Crippen molar-refractivity contribution in [2.24, 2.45) is 0 Å². The molecule has 0 saturated carbocycles. The van der Waals surface area contributed by atoms with E-state index in [1.807, 2.05) is 11.8 Å². The minimum atomic E-state index is 0.0141. The Bertz CT molecular complexity index is 363. The van der Waals surface area contributed by atoms with Crippen molar-refractivity contribution in [2.75, 3.05) is 17.7 Å². The summed E-state index contributed by atoms with van der Waals surface area (Å²) in [4.78, 5) is 4.70. The first-order chi connectivity index (χ1) is 7.91. The Kier molecular flexibility index (Phi) is 4.92. The van der Waals surface area contributed by atoms with Crippen molar-refractivity contribution in [2.45, 2.75) is 52.5 Å². The number of nitrogens with zero attached hydrogens (tertiary/aromatic N) is 2. The molecule has 0 unspecified atom stereocenters. The van der Waals surface area contributed by atoms with Crippen LogP contribution in [-0.4, -0.2) is 21.6 Å². The number of thioether (sulfide) groups is 1. The van der Waals surface area contributed by atoms with Crippen LogP contribution >= 0.6 is 11.8 Å². The first-order valence-corrected chi connectivity index (χ1v) is 7.66. The lowest BCUT2D eigenvalue weighted by molar-refractivity contribution is 0.389. The summed E-state index contributed by atoms with van der Waals surface area (Å²) in [5.41, 5.74) is 7.33. The first kappa shape index (κ1) is 14.4. The molecule has 0 aliphatic carbocycles. The lowest BCUT2D eigenvalue weighted by Crippen LogP contribution is -2.25. The summed E-state index contributed by atoms with van der Waals surface area (Å²) < 4.78 is 2.18. The molecule has 98 valence electrons. The van der Waals surface area contributed by atoms with E-state index in [1.54, 1.807) is 0 Å². The Hall–Kier alpha value is -0.640. The van der Waals surface area contributed by atoms with Gasteiger partial charge >= 0.3 is 0 Å². The standard InChI is InChI=1S/C13H25N3S/c1-6-11-15-10(8-7-9-17-5)12(14)16(11)13(2,3)4/h6-9,14H2,1-5H3. The van der Waals surface area contributed by atoms with E-state index in [4.69, 9.17) is 10.7 Å². The lowest BCUT2D eigenvalue weighted by Gasteiger charge is -2.24. The van der Waals surface area contributed by atoms with Crippen molar-refractivity contribution in [1.82, 2.24) is 9.55 Å². The van der Waals surface area contributed by atoms with Gasteiger partial charge in [0.05, 0.1) is 5.69 Å². The van der Waals surface area contributed by atoms with Crippen LogP contribution in [0.4, 0.5) is 5.82 Å². The predicted molar refractivity (Wildman–Crippen MR) is 77.7 cm³/mol. The third-order valence-corrected chi connectivity index (χ3v) is 3.50. The van der Waals surface area contributed by atoms with Gasteiger partial charge in [-0.05, 0) is 45.6 Å². The fourth-order valence-electron chi connectivity index (χ4n) is 2.08. The molecule has 1 aromatic heterocycles. The van der Waals surface area contributed by atoms with Crippen LogP contribution in [0.3, 0.4) is 0 Å². The lowest BCUT2D eigenvalue weighted by atomic mass is 10.1. The quantitative estimate of drug-likeness (QED) is 0.822. The number of nitrogens with two attached hydrogens (primary N) is 1. The molecule has 0 fully saturated rings. The van der Waals surface area contributed by atoms with E-state index in [0.29, 0.717) is 0 Å². The van der Waals surface area contributed by atoms with Gasteiger partial charge in [0.15, 0.2) is 0 Å². The SMILES string of the molecule is CCc1nc(CCCSC)c(N)n1C(C)(C)C. The van der Waals surface area contributed by atoms with Gasteiger partial charge in [0.1, 0.15) is 11.6 Å². The zero-order chi connectivity index (χ0) is 13.1. The number of aryl methyl sites for hydroxylation is 2. The van der Waals surface area contributed by atoms with Crippen molar-refractivity contribution in [3.63, 3.8) is 0 Å². The number of aromatic nitrogens is 2. The van der Waals surface area contributed by atoms with Gasteiger partial charge in [0, 0.05) is 12.0 Å². The van der Waals surface area contributed by atoms with Gasteiger partial charge < -0.3 is 10.3 Å². The fourth-order valence-corrected chi connectivity index (χ4v) is 2.52. The summed E-state index contributed by atoms with van der Waals surface area (Å²) in [7, 11) is 0. The summed E-state index contributed by atoms with van der Waals surface area (Å²) in [6.45, 7) is 8.66. The molecule has 1 rings (SSSR count). The number of imidazole rings is 1. The molecule has 3 nitrogen and oxygen atoms in total. The molecule has 0 radical (unpaired) electrons. The van der Waals surface area contributed by atoms with Crippen molar-refractivity contribution >= 4 is 17.6 Å². The topological polar surface area (TPSA) is 43.8 Å². The van der Waals surface area contributed by atoms with Crippen LogP contribution < -0.4 is 5.73 Å². The second kappa shape index (κ2) is 5.80. The third kappa shape index (κ3) is 3.41. The summed E-state index contributed by atoms with van der Waals surface area (Å²) >= 11 is 1.87. The molecule has 0 aromatic carbocycles. The van der Waals surface area contributed by atoms with E-state index in [2.05, 4.69) is 38.5 Å². The van der Waals surface area contributed by atoms with E-state index in [0.717, 1.165) is 36.6 Å². The molecular weight excluding hydrogens is 230 g/mol. The minimum Gasteiger partial charge on any atom is -0.384 e. The third-order valence-electron chi connectivity index (χ3n) is 2.81. The average Bonchev–Trinajstić information content (AvgIpc) is 2.55. The maximum Gasteiger partial charge on any atom is 0.127 e. The molecule has 0 atom stereocenters. The van der Waals surface area contributed by atoms with Crippen molar-refractivity contribution < 1.29 is 0 Å². The van der Waals surface area contributed by atoms with Gasteiger partial charge in [0.25, 0.3) is 0 Å². The minimum absolute atomic E-state index is 0.0141. The van der Waals surface area contributed by atoms with Gasteiger partial charge in [0.2, 0.25) is 0 Å². The van der Waals surface area contributed by atoms with Crippen LogP contribution in [-0.2, 0) is 18.4 Å². The normalized spacial score (nSPS) is 12.1. The van der Waals surface area contributed by atoms with Crippen LogP contribution in [0, 0.1) is 0 Å². The van der Waals surface area contributed by atoms with E-state index in [9.17, 15) is 0 Å². The smallest absolute Gasteiger partial charge is 0.127 e. The van der Waals surface area contributed by atoms with Crippen molar-refractivity contribution in [1.29, 1.82) is 0 Å². The summed E-state index contributed by atoms with van der Waals surface area (Å²) in [6, 6.07) is 0. The Morgan fingerprint density at radius 2 is 2.00 bits per heavy atom. The highest BCUT2D eigenvalue weighted by atomic mass is 32.2. The molecule has 1 heterocycles. The molecule has 2 N–H and O–H groups in total. The maximum atomic E-state index is 6.24. The Balaban J connectivity index is 2.98. The Morgan fingerprint density at radius 1 is 1.35 bits per heavy atom. The van der Waals surface area contributed by atoms with E-state index in [1.165, 1.54) is 5.75 Å². The van der Waals surface area contributed by atoms with Gasteiger partial charge in [-0.1, -0.05) is 6.92 Å². The van der Waals surface area contributed by atoms with Crippen LogP contribution in [0.25, 0.3) is 0 Å². The van der Waals surface area contributed by atoms with Gasteiger partial charge in [-0.3, -0.25) is 0 Å². The number of nitrogen functional groups attached to an aromatic ring is 1. The monoisotopic (exact) mass is 255 g/mol. The Morgan fingerprint density at radius 3 is 2.41 bits per heavy atom. The highest BCUT2D eigenvalue weighted by molar-refractivity contribution is 7.98. The van der Waals surface area contributed by atoms with Gasteiger partial charge in [-0.2, -0.15) is 11.8 Å². The van der Waals surface area contributed by atoms with Crippen molar-refractivity contribution in [3.05, 3.63) is 11.5 Å². The summed E-state index contributed by atoms with van der Waals surface area (Å²) in [5.74, 6) is 3.13. The average molecular weight is 255 g/mol. The molecular formula is C13H25N3S. The molecule has 0 aliphatic rings. The molecule has 0 saturated heterocycles. The number of hydrogen-bond acceptors (Lipinski definition) is 3. The number of anilines is 1. The van der Waals surface area contributed by atoms with Crippen LogP contribution in [0.1, 0.15) is 45.6 Å². The highest BCUT2D eigenvalue weighted by Gasteiger charge is 2.22. The van der Waals surface area contributed by atoms with E-state index in [-0.39, 0.29) is 5.54 Å². The molecule has 0 bridgehead atoms. The Labute approximate surface area is 109 Å². The zero-order valence-corrected chi connectivity index (χ0v) is 12.5. The van der Waals surface area contributed by atoms with Crippen molar-refractivity contribution in [3.8, 4) is 0 Å². The first-order valence-electron chi connectivity index (χ1n) is 6.27.